The van der Waals surface area contributed by atoms with Crippen LogP contribution in [0.1, 0.15) is 10.4 Å². The standard InChI is InChI=1S/C10H6FNO3/c11-8-7(10(14)15)5-3-1-2-4-6(5)12-9(8)13/h1-4H,(H,12,13)(H,14,15). The van der Waals surface area contributed by atoms with Crippen LogP contribution in [0.15, 0.2) is 29.1 Å². The fourth-order valence-corrected chi connectivity index (χ4v) is 1.43. The van der Waals surface area contributed by atoms with E-state index >= 15 is 0 Å². The Morgan fingerprint density at radius 1 is 1.33 bits per heavy atom. The lowest BCUT2D eigenvalue weighted by Crippen LogP contribution is -2.17. The number of para-hydroxylation sites is 1. The molecule has 5 heteroatoms. The van der Waals surface area contributed by atoms with Crippen LogP contribution in [0.4, 0.5) is 4.39 Å². The predicted molar refractivity (Wildman–Crippen MR) is 51.5 cm³/mol. The molecule has 2 N–H and O–H groups in total. The van der Waals surface area contributed by atoms with Gasteiger partial charge in [0.05, 0.1) is 0 Å². The summed E-state index contributed by atoms with van der Waals surface area (Å²) in [5, 5.41) is 8.98. The van der Waals surface area contributed by atoms with Crippen LogP contribution < -0.4 is 5.56 Å². The molecule has 2 rings (SSSR count). The van der Waals surface area contributed by atoms with Crippen molar-refractivity contribution >= 4 is 16.9 Å². The van der Waals surface area contributed by atoms with Gasteiger partial charge in [-0.05, 0) is 6.07 Å². The van der Waals surface area contributed by atoms with E-state index in [0.29, 0.717) is 5.52 Å². The maximum Gasteiger partial charge on any atom is 0.339 e. The minimum Gasteiger partial charge on any atom is -0.478 e. The Bertz CT molecular complexity index is 603. The zero-order valence-electron chi connectivity index (χ0n) is 7.45. The lowest BCUT2D eigenvalue weighted by Gasteiger charge is -2.02. The normalized spacial score (nSPS) is 10.5. The molecule has 0 aliphatic heterocycles. The molecule has 0 saturated heterocycles. The highest BCUT2D eigenvalue weighted by molar-refractivity contribution is 6.02. The largest absolute Gasteiger partial charge is 0.478 e. The number of carboxylic acid groups (broad SMARTS) is 1. The van der Waals surface area contributed by atoms with E-state index < -0.39 is 22.9 Å². The molecule has 0 fully saturated rings. The fraction of sp³-hybridized carbons (Fsp3) is 0. The topological polar surface area (TPSA) is 70.2 Å². The van der Waals surface area contributed by atoms with E-state index in [2.05, 4.69) is 4.98 Å². The van der Waals surface area contributed by atoms with Crippen LogP contribution in [-0.4, -0.2) is 16.1 Å². The quantitative estimate of drug-likeness (QED) is 0.741. The first kappa shape index (κ1) is 9.39. The third kappa shape index (κ3) is 1.38. The summed E-state index contributed by atoms with van der Waals surface area (Å²) in [6.45, 7) is 0. The number of halogens is 1. The molecule has 0 saturated carbocycles. The zero-order chi connectivity index (χ0) is 11.0. The smallest absolute Gasteiger partial charge is 0.339 e. The summed E-state index contributed by atoms with van der Waals surface area (Å²) < 4.78 is 13.3. The Labute approximate surface area is 83.0 Å². The summed E-state index contributed by atoms with van der Waals surface area (Å²) in [6.07, 6.45) is 0. The summed E-state index contributed by atoms with van der Waals surface area (Å²) in [5.74, 6) is -2.71. The molecule has 0 unspecified atom stereocenters. The number of H-pyrrole nitrogens is 1. The van der Waals surface area contributed by atoms with E-state index in [9.17, 15) is 14.0 Å². The van der Waals surface area contributed by atoms with Crippen molar-refractivity contribution in [2.45, 2.75) is 0 Å². The van der Waals surface area contributed by atoms with E-state index in [0.717, 1.165) is 0 Å². The van der Waals surface area contributed by atoms with E-state index in [4.69, 9.17) is 5.11 Å². The number of pyridine rings is 1. The second-order valence-electron chi connectivity index (χ2n) is 2.99. The number of aromatic carboxylic acids is 1. The number of carboxylic acids is 1. The summed E-state index contributed by atoms with van der Waals surface area (Å²) in [5.41, 5.74) is -1.30. The van der Waals surface area contributed by atoms with Crippen molar-refractivity contribution in [1.82, 2.24) is 4.98 Å². The van der Waals surface area contributed by atoms with E-state index in [1.54, 1.807) is 12.1 Å². The minimum absolute atomic E-state index is 0.183. The number of carbonyl (C=O) groups is 1. The summed E-state index contributed by atoms with van der Waals surface area (Å²) in [4.78, 5) is 24.1. The molecule has 0 aliphatic rings. The average molecular weight is 207 g/mol. The maximum absolute atomic E-state index is 13.3. The first-order chi connectivity index (χ1) is 7.11. The molecule has 0 aliphatic carbocycles. The highest BCUT2D eigenvalue weighted by Gasteiger charge is 2.17. The lowest BCUT2D eigenvalue weighted by molar-refractivity contribution is 0.0694. The molecule has 0 spiro atoms. The molecule has 15 heavy (non-hydrogen) atoms. The zero-order valence-corrected chi connectivity index (χ0v) is 7.45. The van der Waals surface area contributed by atoms with Gasteiger partial charge in [-0.25, -0.2) is 4.79 Å². The van der Waals surface area contributed by atoms with Gasteiger partial charge in [0.1, 0.15) is 5.56 Å². The number of hydrogen-bond acceptors (Lipinski definition) is 2. The van der Waals surface area contributed by atoms with Gasteiger partial charge in [-0.15, -0.1) is 0 Å². The second kappa shape index (κ2) is 3.20. The summed E-state index contributed by atoms with van der Waals surface area (Å²) in [7, 11) is 0. The minimum atomic E-state index is -1.45. The van der Waals surface area contributed by atoms with Crippen LogP contribution in [0.25, 0.3) is 10.9 Å². The molecule has 1 aromatic heterocycles. The van der Waals surface area contributed by atoms with Crippen LogP contribution in [0.2, 0.25) is 0 Å². The second-order valence-corrected chi connectivity index (χ2v) is 2.99. The number of hydrogen-bond donors (Lipinski definition) is 2. The van der Waals surface area contributed by atoms with Gasteiger partial charge >= 0.3 is 5.97 Å². The maximum atomic E-state index is 13.3. The summed E-state index contributed by atoms with van der Waals surface area (Å²) in [6, 6.07) is 6.16. The van der Waals surface area contributed by atoms with E-state index in [1.807, 2.05) is 0 Å². The highest BCUT2D eigenvalue weighted by Crippen LogP contribution is 2.16. The van der Waals surface area contributed by atoms with E-state index in [1.165, 1.54) is 12.1 Å². The van der Waals surface area contributed by atoms with Gasteiger partial charge in [-0.1, -0.05) is 18.2 Å². The van der Waals surface area contributed by atoms with Crippen LogP contribution in [0, 0.1) is 5.82 Å². The molecular formula is C10H6FNO3. The lowest BCUT2D eigenvalue weighted by atomic mass is 10.1. The molecule has 4 nitrogen and oxygen atoms in total. The third-order valence-electron chi connectivity index (χ3n) is 2.08. The van der Waals surface area contributed by atoms with Gasteiger partial charge in [0.15, 0.2) is 0 Å². The highest BCUT2D eigenvalue weighted by atomic mass is 19.1. The SMILES string of the molecule is O=C(O)c1c(F)c(=O)[nH]c2ccccc12. The monoisotopic (exact) mass is 207 g/mol. The Kier molecular flexibility index (Phi) is 2.00. The molecule has 76 valence electrons. The molecule has 0 amide bonds. The van der Waals surface area contributed by atoms with Gasteiger partial charge in [0, 0.05) is 10.9 Å². The number of nitrogens with one attached hydrogen (secondary N) is 1. The number of rotatable bonds is 1. The molecule has 0 atom stereocenters. The van der Waals surface area contributed by atoms with E-state index in [-0.39, 0.29) is 5.39 Å². The van der Waals surface area contributed by atoms with Gasteiger partial charge in [0.25, 0.3) is 5.56 Å². The molecule has 2 aromatic rings. The van der Waals surface area contributed by atoms with Gasteiger partial charge in [0.2, 0.25) is 5.82 Å². The Morgan fingerprint density at radius 2 is 2.00 bits per heavy atom. The molecule has 1 aromatic carbocycles. The average Bonchev–Trinajstić information content (AvgIpc) is 2.19. The number of fused-ring (bicyclic) bond motifs is 1. The van der Waals surface area contributed by atoms with Gasteiger partial charge in [-0.2, -0.15) is 4.39 Å². The van der Waals surface area contributed by atoms with Crippen molar-refractivity contribution in [3.63, 3.8) is 0 Å². The first-order valence-electron chi connectivity index (χ1n) is 4.15. The van der Waals surface area contributed by atoms with Gasteiger partial charge in [-0.3, -0.25) is 4.79 Å². The van der Waals surface area contributed by atoms with Crippen molar-refractivity contribution < 1.29 is 14.3 Å². The fourth-order valence-electron chi connectivity index (χ4n) is 1.43. The molecule has 1 heterocycles. The van der Waals surface area contributed by atoms with Crippen LogP contribution >= 0.6 is 0 Å². The number of benzene rings is 1. The number of aromatic amines is 1. The molecule has 0 radical (unpaired) electrons. The van der Waals surface area contributed by atoms with Crippen molar-refractivity contribution in [2.75, 3.05) is 0 Å². The third-order valence-corrected chi connectivity index (χ3v) is 2.08. The predicted octanol–water partition coefficient (Wildman–Crippen LogP) is 1.37. The number of aromatic nitrogens is 1. The van der Waals surface area contributed by atoms with Crippen molar-refractivity contribution in [3.8, 4) is 0 Å². The Morgan fingerprint density at radius 3 is 2.67 bits per heavy atom. The van der Waals surface area contributed by atoms with Crippen LogP contribution in [0.3, 0.4) is 0 Å². The van der Waals surface area contributed by atoms with Crippen LogP contribution in [0.5, 0.6) is 0 Å². The Balaban J connectivity index is 3.02. The Hall–Kier alpha value is -2.17. The molecular weight excluding hydrogens is 201 g/mol. The molecule has 0 bridgehead atoms. The van der Waals surface area contributed by atoms with Crippen molar-refractivity contribution in [3.05, 3.63) is 46.0 Å². The van der Waals surface area contributed by atoms with Crippen molar-refractivity contribution in [2.24, 2.45) is 0 Å². The first-order valence-corrected chi connectivity index (χ1v) is 4.15. The van der Waals surface area contributed by atoms with Crippen LogP contribution in [-0.2, 0) is 0 Å². The van der Waals surface area contributed by atoms with Gasteiger partial charge < -0.3 is 10.1 Å². The van der Waals surface area contributed by atoms with Crippen molar-refractivity contribution in [1.29, 1.82) is 0 Å². The summed E-state index contributed by atoms with van der Waals surface area (Å²) >= 11 is 0.